The van der Waals surface area contributed by atoms with Crippen molar-refractivity contribution < 1.29 is 27.5 Å². The molecule has 6 nitrogen and oxygen atoms in total. The van der Waals surface area contributed by atoms with E-state index in [0.29, 0.717) is 16.9 Å². The van der Waals surface area contributed by atoms with E-state index in [1.807, 2.05) is 0 Å². The van der Waals surface area contributed by atoms with Crippen LogP contribution in [0.2, 0.25) is 0 Å². The standard InChI is InChI=1S/C18H18F3N3O3/c1-24(2)17(26)12-4-3-5-14(10-12)23-16(25)11-22-13-6-8-15(9-7-13)27-18(19,20)21/h3-10,22H,11H2,1-2H3,(H,23,25). The van der Waals surface area contributed by atoms with Gasteiger partial charge in [-0.3, -0.25) is 9.59 Å². The van der Waals surface area contributed by atoms with Gasteiger partial charge in [0.1, 0.15) is 5.75 Å². The van der Waals surface area contributed by atoms with Crippen molar-refractivity contribution in [3.05, 3.63) is 54.1 Å². The van der Waals surface area contributed by atoms with Gasteiger partial charge in [-0.1, -0.05) is 6.07 Å². The van der Waals surface area contributed by atoms with Crippen molar-refractivity contribution in [2.45, 2.75) is 6.36 Å². The molecule has 0 aliphatic heterocycles. The fourth-order valence-corrected chi connectivity index (χ4v) is 2.15. The Hall–Kier alpha value is -3.23. The number of amides is 2. The number of anilines is 2. The Kier molecular flexibility index (Phi) is 6.27. The van der Waals surface area contributed by atoms with Crippen LogP contribution in [0.5, 0.6) is 5.75 Å². The Bertz CT molecular complexity index is 805. The predicted octanol–water partition coefficient (Wildman–Crippen LogP) is 3.34. The van der Waals surface area contributed by atoms with Crippen LogP contribution < -0.4 is 15.4 Å². The maximum absolute atomic E-state index is 12.1. The molecule has 0 atom stereocenters. The molecule has 2 aromatic carbocycles. The number of ether oxygens (including phenoxy) is 1. The Labute approximate surface area is 153 Å². The van der Waals surface area contributed by atoms with Crippen LogP contribution in [0.25, 0.3) is 0 Å². The number of halogens is 3. The monoisotopic (exact) mass is 381 g/mol. The summed E-state index contributed by atoms with van der Waals surface area (Å²) in [4.78, 5) is 25.4. The summed E-state index contributed by atoms with van der Waals surface area (Å²) in [6.07, 6.45) is -4.75. The van der Waals surface area contributed by atoms with Gasteiger partial charge in [0, 0.05) is 31.0 Å². The van der Waals surface area contributed by atoms with E-state index in [9.17, 15) is 22.8 Å². The molecule has 9 heteroatoms. The minimum atomic E-state index is -4.75. The van der Waals surface area contributed by atoms with Crippen molar-refractivity contribution in [2.75, 3.05) is 31.3 Å². The van der Waals surface area contributed by atoms with Gasteiger partial charge < -0.3 is 20.3 Å². The molecule has 0 heterocycles. The SMILES string of the molecule is CN(C)C(=O)c1cccc(NC(=O)CNc2ccc(OC(F)(F)F)cc2)c1. The number of rotatable bonds is 6. The summed E-state index contributed by atoms with van der Waals surface area (Å²) in [5.74, 6) is -0.912. The van der Waals surface area contributed by atoms with E-state index in [1.54, 1.807) is 38.4 Å². The third-order valence-electron chi connectivity index (χ3n) is 3.34. The topological polar surface area (TPSA) is 70.7 Å². The van der Waals surface area contributed by atoms with Crippen LogP contribution in [0, 0.1) is 0 Å². The smallest absolute Gasteiger partial charge is 0.406 e. The molecule has 0 radical (unpaired) electrons. The van der Waals surface area contributed by atoms with Crippen LogP contribution in [0.3, 0.4) is 0 Å². The highest BCUT2D eigenvalue weighted by Gasteiger charge is 2.30. The van der Waals surface area contributed by atoms with Crippen molar-refractivity contribution in [1.82, 2.24) is 4.90 Å². The average Bonchev–Trinajstić information content (AvgIpc) is 2.59. The van der Waals surface area contributed by atoms with Gasteiger partial charge in [-0.05, 0) is 42.5 Å². The summed E-state index contributed by atoms with van der Waals surface area (Å²) in [5, 5.41) is 5.43. The first kappa shape index (κ1) is 20.1. The van der Waals surface area contributed by atoms with Crippen molar-refractivity contribution >= 4 is 23.2 Å². The summed E-state index contributed by atoms with van der Waals surface area (Å²) in [6.45, 7) is -0.106. The summed E-state index contributed by atoms with van der Waals surface area (Å²) >= 11 is 0. The number of nitrogens with zero attached hydrogens (tertiary/aromatic N) is 1. The Morgan fingerprint density at radius 3 is 2.30 bits per heavy atom. The Balaban J connectivity index is 1.89. The summed E-state index contributed by atoms with van der Waals surface area (Å²) in [5.41, 5.74) is 1.35. The Morgan fingerprint density at radius 1 is 1.04 bits per heavy atom. The molecule has 0 spiro atoms. The van der Waals surface area contributed by atoms with Crippen LogP contribution in [0.1, 0.15) is 10.4 Å². The van der Waals surface area contributed by atoms with Crippen molar-refractivity contribution in [3.63, 3.8) is 0 Å². The minimum absolute atomic E-state index is 0.106. The lowest BCUT2D eigenvalue weighted by atomic mass is 10.2. The molecule has 0 unspecified atom stereocenters. The van der Waals surface area contributed by atoms with E-state index < -0.39 is 6.36 Å². The highest BCUT2D eigenvalue weighted by atomic mass is 19.4. The van der Waals surface area contributed by atoms with Gasteiger partial charge in [0.2, 0.25) is 5.91 Å². The lowest BCUT2D eigenvalue weighted by molar-refractivity contribution is -0.274. The van der Waals surface area contributed by atoms with E-state index in [2.05, 4.69) is 15.4 Å². The van der Waals surface area contributed by atoms with Gasteiger partial charge in [0.15, 0.2) is 0 Å². The number of benzene rings is 2. The number of hydrogen-bond donors (Lipinski definition) is 2. The molecule has 0 fully saturated rings. The predicted molar refractivity (Wildman–Crippen MR) is 94.7 cm³/mol. The van der Waals surface area contributed by atoms with Crippen molar-refractivity contribution in [2.24, 2.45) is 0 Å². The van der Waals surface area contributed by atoms with E-state index in [4.69, 9.17) is 0 Å². The number of alkyl halides is 3. The second-order valence-electron chi connectivity index (χ2n) is 5.75. The molecular formula is C18H18F3N3O3. The Morgan fingerprint density at radius 2 is 1.70 bits per heavy atom. The van der Waals surface area contributed by atoms with Crippen LogP contribution in [0.4, 0.5) is 24.5 Å². The minimum Gasteiger partial charge on any atom is -0.406 e. The van der Waals surface area contributed by atoms with Crippen LogP contribution in [-0.2, 0) is 4.79 Å². The molecule has 0 aliphatic rings. The number of hydrogen-bond acceptors (Lipinski definition) is 4. The average molecular weight is 381 g/mol. The van der Waals surface area contributed by atoms with Crippen molar-refractivity contribution in [1.29, 1.82) is 0 Å². The zero-order chi connectivity index (χ0) is 20.0. The lowest BCUT2D eigenvalue weighted by Crippen LogP contribution is -2.23. The normalized spacial score (nSPS) is 10.9. The van der Waals surface area contributed by atoms with E-state index in [1.165, 1.54) is 17.0 Å². The van der Waals surface area contributed by atoms with Gasteiger partial charge in [-0.25, -0.2) is 0 Å². The van der Waals surface area contributed by atoms with Gasteiger partial charge >= 0.3 is 6.36 Å². The van der Waals surface area contributed by atoms with Crippen LogP contribution in [0.15, 0.2) is 48.5 Å². The van der Waals surface area contributed by atoms with Gasteiger partial charge in [0.25, 0.3) is 5.91 Å². The molecule has 0 saturated carbocycles. The summed E-state index contributed by atoms with van der Waals surface area (Å²) < 4.78 is 40.1. The number of carbonyl (C=O) groups excluding carboxylic acids is 2. The molecule has 144 valence electrons. The molecule has 0 saturated heterocycles. The first-order valence-corrected chi connectivity index (χ1v) is 7.85. The molecule has 2 aromatic rings. The first-order chi connectivity index (χ1) is 12.6. The maximum atomic E-state index is 12.1. The maximum Gasteiger partial charge on any atom is 0.573 e. The van der Waals surface area contributed by atoms with Crippen molar-refractivity contribution in [3.8, 4) is 5.75 Å². The fraction of sp³-hybridized carbons (Fsp3) is 0.222. The molecule has 0 aromatic heterocycles. The number of nitrogens with one attached hydrogen (secondary N) is 2. The van der Waals surface area contributed by atoms with E-state index >= 15 is 0 Å². The second-order valence-corrected chi connectivity index (χ2v) is 5.75. The van der Waals surface area contributed by atoms with Gasteiger partial charge in [0.05, 0.1) is 6.54 Å². The molecule has 2 amide bonds. The summed E-state index contributed by atoms with van der Waals surface area (Å²) in [6, 6.07) is 11.5. The van der Waals surface area contributed by atoms with Gasteiger partial charge in [-0.2, -0.15) is 0 Å². The zero-order valence-electron chi connectivity index (χ0n) is 14.6. The molecule has 2 N–H and O–H groups in total. The quantitative estimate of drug-likeness (QED) is 0.805. The highest BCUT2D eigenvalue weighted by Crippen LogP contribution is 2.23. The number of carbonyl (C=O) groups is 2. The van der Waals surface area contributed by atoms with Crippen LogP contribution >= 0.6 is 0 Å². The van der Waals surface area contributed by atoms with E-state index in [0.717, 1.165) is 12.1 Å². The molecule has 0 bridgehead atoms. The van der Waals surface area contributed by atoms with Gasteiger partial charge in [-0.15, -0.1) is 13.2 Å². The molecule has 0 aliphatic carbocycles. The second kappa shape index (κ2) is 8.43. The highest BCUT2D eigenvalue weighted by molar-refractivity contribution is 5.97. The zero-order valence-corrected chi connectivity index (χ0v) is 14.6. The summed E-state index contributed by atoms with van der Waals surface area (Å²) in [7, 11) is 3.26. The van der Waals surface area contributed by atoms with E-state index in [-0.39, 0.29) is 24.1 Å². The lowest BCUT2D eigenvalue weighted by Gasteiger charge is -2.12. The third kappa shape index (κ3) is 6.53. The first-order valence-electron chi connectivity index (χ1n) is 7.85. The van der Waals surface area contributed by atoms with Crippen LogP contribution in [-0.4, -0.2) is 43.7 Å². The molecular weight excluding hydrogens is 363 g/mol. The third-order valence-corrected chi connectivity index (χ3v) is 3.34. The fourth-order valence-electron chi connectivity index (χ4n) is 2.15. The molecule has 2 rings (SSSR count). The molecule has 27 heavy (non-hydrogen) atoms. The largest absolute Gasteiger partial charge is 0.573 e.